The molecule has 0 radical (unpaired) electrons. The van der Waals surface area contributed by atoms with Gasteiger partial charge in [-0.05, 0) is 54.0 Å². The van der Waals surface area contributed by atoms with Crippen LogP contribution in [-0.4, -0.2) is 43.4 Å². The SMILES string of the molecule is COCCCn1cc2c(F)cc(C3CC3c3cnc(-c4ncccn4)nc3)cc2n1. The Labute approximate surface area is 173 Å². The number of halogens is 1. The average Bonchev–Trinajstić information content (AvgIpc) is 3.47. The molecule has 5 rings (SSSR count). The summed E-state index contributed by atoms with van der Waals surface area (Å²) in [5.41, 5.74) is 2.72. The molecule has 1 aliphatic rings. The Morgan fingerprint density at radius 1 is 1.03 bits per heavy atom. The van der Waals surface area contributed by atoms with E-state index in [4.69, 9.17) is 4.74 Å². The topological polar surface area (TPSA) is 78.6 Å². The number of rotatable bonds is 7. The van der Waals surface area contributed by atoms with Crippen LogP contribution in [0.25, 0.3) is 22.6 Å². The average molecular weight is 404 g/mol. The van der Waals surface area contributed by atoms with Crippen LogP contribution in [-0.2, 0) is 11.3 Å². The van der Waals surface area contributed by atoms with Gasteiger partial charge in [0.05, 0.1) is 10.9 Å². The zero-order valence-electron chi connectivity index (χ0n) is 16.6. The predicted octanol–water partition coefficient (Wildman–Crippen LogP) is 3.73. The number of nitrogens with zero attached hydrogens (tertiary/aromatic N) is 6. The fourth-order valence-electron chi connectivity index (χ4n) is 3.84. The molecule has 4 aromatic rings. The lowest BCUT2D eigenvalue weighted by Gasteiger charge is -2.03. The van der Waals surface area contributed by atoms with E-state index >= 15 is 0 Å². The van der Waals surface area contributed by atoms with Crippen molar-refractivity contribution >= 4 is 10.9 Å². The van der Waals surface area contributed by atoms with Crippen molar-refractivity contribution in [3.8, 4) is 11.6 Å². The Balaban J connectivity index is 1.33. The summed E-state index contributed by atoms with van der Waals surface area (Å²) < 4.78 is 21.6. The Hall–Kier alpha value is -3.26. The molecule has 30 heavy (non-hydrogen) atoms. The summed E-state index contributed by atoms with van der Waals surface area (Å²) in [6.45, 7) is 1.36. The number of aryl methyl sites for hydroxylation is 1. The number of benzene rings is 1. The number of aromatic nitrogens is 6. The molecule has 0 aliphatic heterocycles. The Bertz CT molecular complexity index is 1160. The van der Waals surface area contributed by atoms with Crippen molar-refractivity contribution in [1.82, 2.24) is 29.7 Å². The highest BCUT2D eigenvalue weighted by Gasteiger charge is 2.40. The molecule has 0 spiro atoms. The highest BCUT2D eigenvalue weighted by Crippen LogP contribution is 2.54. The van der Waals surface area contributed by atoms with Crippen LogP contribution in [0.2, 0.25) is 0 Å². The van der Waals surface area contributed by atoms with Gasteiger partial charge in [-0.25, -0.2) is 24.3 Å². The van der Waals surface area contributed by atoms with Crippen molar-refractivity contribution in [2.45, 2.75) is 31.2 Å². The van der Waals surface area contributed by atoms with Gasteiger partial charge in [0.15, 0.2) is 11.6 Å². The van der Waals surface area contributed by atoms with Crippen molar-refractivity contribution in [2.24, 2.45) is 0 Å². The zero-order chi connectivity index (χ0) is 20.5. The van der Waals surface area contributed by atoms with E-state index < -0.39 is 0 Å². The molecule has 1 aromatic carbocycles. The van der Waals surface area contributed by atoms with E-state index in [-0.39, 0.29) is 17.7 Å². The zero-order valence-corrected chi connectivity index (χ0v) is 16.6. The molecule has 152 valence electrons. The monoisotopic (exact) mass is 404 g/mol. The summed E-state index contributed by atoms with van der Waals surface area (Å²) in [5, 5.41) is 5.10. The lowest BCUT2D eigenvalue weighted by molar-refractivity contribution is 0.189. The molecule has 8 heteroatoms. The lowest BCUT2D eigenvalue weighted by atomic mass is 10.0. The van der Waals surface area contributed by atoms with E-state index in [1.165, 1.54) is 0 Å². The summed E-state index contributed by atoms with van der Waals surface area (Å²) in [6, 6.07) is 5.40. The molecule has 1 saturated carbocycles. The largest absolute Gasteiger partial charge is 0.385 e. The minimum Gasteiger partial charge on any atom is -0.385 e. The van der Waals surface area contributed by atoms with Gasteiger partial charge in [0.2, 0.25) is 0 Å². The predicted molar refractivity (Wildman–Crippen MR) is 109 cm³/mol. The standard InChI is InChI=1S/C22H21FN6O/c1-30-7-3-6-29-13-18-19(23)8-14(9-20(18)28-29)16-10-17(16)15-11-26-22(27-12-15)21-24-4-2-5-25-21/h2,4-5,8-9,11-13,16-17H,3,6-7,10H2,1H3. The maximum Gasteiger partial charge on any atom is 0.197 e. The quantitative estimate of drug-likeness (QED) is 0.437. The molecule has 0 N–H and O–H groups in total. The second kappa shape index (κ2) is 7.87. The maximum atomic E-state index is 14.7. The molecule has 1 aliphatic carbocycles. The first-order chi connectivity index (χ1) is 14.7. The number of methoxy groups -OCH3 is 1. The molecule has 7 nitrogen and oxygen atoms in total. The second-order valence-electron chi connectivity index (χ2n) is 7.54. The first kappa shape index (κ1) is 18.7. The van der Waals surface area contributed by atoms with Gasteiger partial charge < -0.3 is 4.74 Å². The summed E-state index contributed by atoms with van der Waals surface area (Å²) >= 11 is 0. The molecule has 3 heterocycles. The van der Waals surface area contributed by atoms with Gasteiger partial charge in [0.1, 0.15) is 5.82 Å². The molecule has 0 bridgehead atoms. The van der Waals surface area contributed by atoms with Gasteiger partial charge in [-0.3, -0.25) is 4.68 Å². The Morgan fingerprint density at radius 2 is 1.77 bits per heavy atom. The van der Waals surface area contributed by atoms with Gasteiger partial charge >= 0.3 is 0 Å². The molecule has 1 fully saturated rings. The maximum absolute atomic E-state index is 14.7. The van der Waals surface area contributed by atoms with E-state index in [9.17, 15) is 4.39 Å². The molecule has 2 unspecified atom stereocenters. The van der Waals surface area contributed by atoms with Crippen LogP contribution < -0.4 is 0 Å². The van der Waals surface area contributed by atoms with Gasteiger partial charge in [0.25, 0.3) is 0 Å². The van der Waals surface area contributed by atoms with Gasteiger partial charge in [-0.15, -0.1) is 0 Å². The Morgan fingerprint density at radius 3 is 2.53 bits per heavy atom. The molecular weight excluding hydrogens is 383 g/mol. The molecule has 0 amide bonds. The highest BCUT2D eigenvalue weighted by molar-refractivity contribution is 5.80. The van der Waals surface area contributed by atoms with Crippen LogP contribution in [0, 0.1) is 5.82 Å². The van der Waals surface area contributed by atoms with Gasteiger partial charge in [0, 0.05) is 51.2 Å². The van der Waals surface area contributed by atoms with Crippen LogP contribution in [0.3, 0.4) is 0 Å². The van der Waals surface area contributed by atoms with Gasteiger partial charge in [-0.1, -0.05) is 0 Å². The van der Waals surface area contributed by atoms with E-state index in [2.05, 4.69) is 25.0 Å². The van der Waals surface area contributed by atoms with Gasteiger partial charge in [-0.2, -0.15) is 5.10 Å². The van der Waals surface area contributed by atoms with Crippen LogP contribution in [0.4, 0.5) is 4.39 Å². The first-order valence-corrected chi connectivity index (χ1v) is 9.98. The first-order valence-electron chi connectivity index (χ1n) is 9.98. The fraction of sp³-hybridized carbons (Fsp3) is 0.318. The molecule has 3 aromatic heterocycles. The third kappa shape index (κ3) is 3.66. The smallest absolute Gasteiger partial charge is 0.197 e. The van der Waals surface area contributed by atoms with Crippen LogP contribution >= 0.6 is 0 Å². The minimum atomic E-state index is -0.223. The molecular formula is C22H21FN6O. The number of hydrogen-bond acceptors (Lipinski definition) is 6. The van der Waals surface area contributed by atoms with Crippen molar-refractivity contribution < 1.29 is 9.13 Å². The Kier molecular flexibility index (Phi) is 4.92. The third-order valence-electron chi connectivity index (χ3n) is 5.46. The summed E-state index contributed by atoms with van der Waals surface area (Å²) in [4.78, 5) is 17.2. The molecule has 0 saturated heterocycles. The lowest BCUT2D eigenvalue weighted by Crippen LogP contribution is -2.01. The van der Waals surface area contributed by atoms with E-state index in [1.54, 1.807) is 42.5 Å². The van der Waals surface area contributed by atoms with Crippen molar-refractivity contribution in [1.29, 1.82) is 0 Å². The van der Waals surface area contributed by atoms with Crippen molar-refractivity contribution in [3.05, 3.63) is 66.1 Å². The van der Waals surface area contributed by atoms with Crippen LogP contribution in [0.15, 0.2) is 49.2 Å². The second-order valence-corrected chi connectivity index (χ2v) is 7.54. The van der Waals surface area contributed by atoms with Crippen LogP contribution in [0.5, 0.6) is 0 Å². The number of hydrogen-bond donors (Lipinski definition) is 0. The summed E-state index contributed by atoms with van der Waals surface area (Å²) in [6.07, 6.45) is 10.5. The molecule has 2 atom stereocenters. The van der Waals surface area contributed by atoms with E-state index in [0.717, 1.165) is 24.0 Å². The normalized spacial score (nSPS) is 18.1. The third-order valence-corrected chi connectivity index (χ3v) is 5.46. The number of fused-ring (bicyclic) bond motifs is 1. The summed E-state index contributed by atoms with van der Waals surface area (Å²) in [7, 11) is 1.67. The highest BCUT2D eigenvalue weighted by atomic mass is 19.1. The minimum absolute atomic E-state index is 0.223. The van der Waals surface area contributed by atoms with E-state index in [0.29, 0.717) is 35.7 Å². The van der Waals surface area contributed by atoms with Crippen LogP contribution in [0.1, 0.15) is 35.8 Å². The summed E-state index contributed by atoms with van der Waals surface area (Å²) in [5.74, 6) is 1.33. The fourth-order valence-corrected chi connectivity index (χ4v) is 3.84. The van der Waals surface area contributed by atoms with Crippen molar-refractivity contribution in [2.75, 3.05) is 13.7 Å². The number of ether oxygens (including phenoxy) is 1. The van der Waals surface area contributed by atoms with E-state index in [1.807, 2.05) is 18.5 Å². The van der Waals surface area contributed by atoms with Crippen molar-refractivity contribution in [3.63, 3.8) is 0 Å².